The van der Waals surface area contributed by atoms with E-state index in [9.17, 15) is 8.42 Å². The molecule has 3 aromatic rings. The average molecular weight is 380 g/mol. The number of fused-ring (bicyclic) bond motifs is 1. The van der Waals surface area contributed by atoms with E-state index in [2.05, 4.69) is 30.6 Å². The molecule has 0 amide bonds. The zero-order chi connectivity index (χ0) is 15.6. The summed E-state index contributed by atoms with van der Waals surface area (Å²) in [5.74, 6) is 0. The summed E-state index contributed by atoms with van der Waals surface area (Å²) in [6, 6.07) is 10.5. The van der Waals surface area contributed by atoms with Crippen LogP contribution in [0.5, 0.6) is 0 Å². The Labute approximate surface area is 137 Å². The molecule has 2 N–H and O–H groups in total. The maximum absolute atomic E-state index is 12.2. The topological polar surface area (TPSA) is 74.8 Å². The quantitative estimate of drug-likeness (QED) is 0.715. The maximum atomic E-state index is 12.2. The zero-order valence-electron chi connectivity index (χ0n) is 11.6. The molecule has 7 heteroatoms. The summed E-state index contributed by atoms with van der Waals surface area (Å²) in [5.41, 5.74) is 1.85. The van der Waals surface area contributed by atoms with Gasteiger partial charge in [0.2, 0.25) is 10.0 Å². The fraction of sp³-hybridized carbons (Fsp3) is 0.133. The number of pyridine rings is 1. The molecule has 3 rings (SSSR count). The summed E-state index contributed by atoms with van der Waals surface area (Å²) in [4.78, 5) is 7.55. The van der Waals surface area contributed by atoms with Crippen LogP contribution in [0.25, 0.3) is 11.0 Å². The second-order valence-corrected chi connectivity index (χ2v) is 7.50. The summed E-state index contributed by atoms with van der Waals surface area (Å²) < 4.78 is 27.8. The molecule has 22 heavy (non-hydrogen) atoms. The molecule has 5 nitrogen and oxygen atoms in total. The van der Waals surface area contributed by atoms with E-state index in [1.54, 1.807) is 30.5 Å². The lowest BCUT2D eigenvalue weighted by Gasteiger charge is -2.06. The van der Waals surface area contributed by atoms with Crippen molar-refractivity contribution in [2.24, 2.45) is 0 Å². The Morgan fingerprint density at radius 3 is 2.91 bits per heavy atom. The molecule has 0 aliphatic heterocycles. The van der Waals surface area contributed by atoms with Gasteiger partial charge in [-0.3, -0.25) is 0 Å². The molecular formula is C15H14BrN3O2S. The summed E-state index contributed by atoms with van der Waals surface area (Å²) in [7, 11) is -3.50. The van der Waals surface area contributed by atoms with Crippen LogP contribution in [0.3, 0.4) is 0 Å². The fourth-order valence-corrected chi connectivity index (χ4v) is 3.89. The van der Waals surface area contributed by atoms with Crippen LogP contribution in [0.1, 0.15) is 5.56 Å². The smallest absolute Gasteiger partial charge is 0.240 e. The normalized spacial score (nSPS) is 11.9. The van der Waals surface area contributed by atoms with Crippen molar-refractivity contribution < 1.29 is 8.42 Å². The SMILES string of the molecule is O=S(=O)(NCCc1c[nH]c2ncccc12)c1cccc(Br)c1. The van der Waals surface area contributed by atoms with Gasteiger partial charge in [-0.15, -0.1) is 0 Å². The van der Waals surface area contributed by atoms with Gasteiger partial charge in [-0.05, 0) is 42.3 Å². The molecule has 0 atom stereocenters. The first kappa shape index (κ1) is 15.2. The summed E-state index contributed by atoms with van der Waals surface area (Å²) in [6.07, 6.45) is 4.18. The van der Waals surface area contributed by atoms with Gasteiger partial charge in [-0.25, -0.2) is 18.1 Å². The Kier molecular flexibility index (Phi) is 4.28. The number of H-pyrrole nitrogens is 1. The van der Waals surface area contributed by atoms with Gasteiger partial charge in [0.1, 0.15) is 5.65 Å². The number of hydrogen-bond donors (Lipinski definition) is 2. The number of nitrogens with zero attached hydrogens (tertiary/aromatic N) is 1. The molecule has 1 aromatic carbocycles. The minimum absolute atomic E-state index is 0.252. The number of hydrogen-bond acceptors (Lipinski definition) is 3. The van der Waals surface area contributed by atoms with Crippen molar-refractivity contribution in [2.75, 3.05) is 6.54 Å². The minimum Gasteiger partial charge on any atom is -0.346 e. The van der Waals surface area contributed by atoms with Crippen LogP contribution in [-0.4, -0.2) is 24.9 Å². The van der Waals surface area contributed by atoms with Crippen molar-refractivity contribution in [1.82, 2.24) is 14.7 Å². The molecule has 114 valence electrons. The molecule has 0 radical (unpaired) electrons. The Morgan fingerprint density at radius 1 is 1.23 bits per heavy atom. The van der Waals surface area contributed by atoms with Gasteiger partial charge >= 0.3 is 0 Å². The van der Waals surface area contributed by atoms with Gasteiger partial charge in [0.05, 0.1) is 4.90 Å². The Bertz CT molecular complexity index is 906. The van der Waals surface area contributed by atoms with E-state index >= 15 is 0 Å². The molecule has 2 heterocycles. The number of rotatable bonds is 5. The van der Waals surface area contributed by atoms with E-state index in [0.717, 1.165) is 21.1 Å². The molecule has 0 saturated heterocycles. The second-order valence-electron chi connectivity index (χ2n) is 4.82. The summed E-state index contributed by atoms with van der Waals surface area (Å²) in [6.45, 7) is 0.330. The van der Waals surface area contributed by atoms with Crippen molar-refractivity contribution in [3.63, 3.8) is 0 Å². The van der Waals surface area contributed by atoms with E-state index in [0.29, 0.717) is 13.0 Å². The third-order valence-corrected chi connectivity index (χ3v) is 5.28. The van der Waals surface area contributed by atoms with Crippen LogP contribution in [0.4, 0.5) is 0 Å². The van der Waals surface area contributed by atoms with Crippen LogP contribution in [0.2, 0.25) is 0 Å². The van der Waals surface area contributed by atoms with Gasteiger partial charge in [-0.2, -0.15) is 0 Å². The number of halogens is 1. The van der Waals surface area contributed by atoms with Crippen molar-refractivity contribution in [2.45, 2.75) is 11.3 Å². The molecule has 0 aliphatic rings. The number of sulfonamides is 1. The van der Waals surface area contributed by atoms with Gasteiger partial charge in [-0.1, -0.05) is 22.0 Å². The number of aromatic nitrogens is 2. The van der Waals surface area contributed by atoms with E-state index < -0.39 is 10.0 Å². The van der Waals surface area contributed by atoms with E-state index in [1.165, 1.54) is 0 Å². The van der Waals surface area contributed by atoms with Crippen molar-refractivity contribution in [3.05, 3.63) is 58.8 Å². The van der Waals surface area contributed by atoms with Crippen LogP contribution < -0.4 is 4.72 Å². The molecule has 0 fully saturated rings. The van der Waals surface area contributed by atoms with Crippen LogP contribution in [-0.2, 0) is 16.4 Å². The monoisotopic (exact) mass is 379 g/mol. The third kappa shape index (κ3) is 3.21. The lowest BCUT2D eigenvalue weighted by Crippen LogP contribution is -2.25. The maximum Gasteiger partial charge on any atom is 0.240 e. The largest absolute Gasteiger partial charge is 0.346 e. The summed E-state index contributed by atoms with van der Waals surface area (Å²) >= 11 is 3.28. The van der Waals surface area contributed by atoms with E-state index in [-0.39, 0.29) is 4.90 Å². The first-order valence-corrected chi connectivity index (χ1v) is 9.00. The van der Waals surface area contributed by atoms with Gasteiger partial charge in [0.15, 0.2) is 0 Å². The van der Waals surface area contributed by atoms with Crippen molar-refractivity contribution in [1.29, 1.82) is 0 Å². The lowest BCUT2D eigenvalue weighted by molar-refractivity contribution is 0.581. The number of aromatic amines is 1. The minimum atomic E-state index is -3.50. The van der Waals surface area contributed by atoms with Gasteiger partial charge in [0, 0.05) is 28.8 Å². The van der Waals surface area contributed by atoms with Crippen LogP contribution in [0, 0.1) is 0 Å². The third-order valence-electron chi connectivity index (χ3n) is 3.33. The lowest BCUT2D eigenvalue weighted by atomic mass is 10.2. The molecule has 0 spiro atoms. The highest BCUT2D eigenvalue weighted by Gasteiger charge is 2.14. The average Bonchev–Trinajstić information content (AvgIpc) is 2.91. The number of nitrogens with one attached hydrogen (secondary N) is 2. The molecular weight excluding hydrogens is 366 g/mol. The van der Waals surface area contributed by atoms with Crippen LogP contribution in [0.15, 0.2) is 58.2 Å². The second kappa shape index (κ2) is 6.20. The van der Waals surface area contributed by atoms with E-state index in [1.807, 2.05) is 18.3 Å². The molecule has 0 aliphatic carbocycles. The van der Waals surface area contributed by atoms with Crippen molar-refractivity contribution >= 4 is 37.0 Å². The Hall–Kier alpha value is -1.70. The van der Waals surface area contributed by atoms with Crippen LogP contribution >= 0.6 is 15.9 Å². The summed E-state index contributed by atoms with van der Waals surface area (Å²) in [5, 5.41) is 1.02. The predicted molar refractivity (Wildman–Crippen MR) is 89.1 cm³/mol. The Balaban J connectivity index is 1.70. The van der Waals surface area contributed by atoms with Gasteiger partial charge < -0.3 is 4.98 Å². The standard InChI is InChI=1S/C15H14BrN3O2S/c16-12-3-1-4-13(9-12)22(20,21)19-8-6-11-10-18-15-14(11)5-2-7-17-15/h1-5,7,9-10,19H,6,8H2,(H,17,18). The number of benzene rings is 1. The fourth-order valence-electron chi connectivity index (χ4n) is 2.26. The Morgan fingerprint density at radius 2 is 2.09 bits per heavy atom. The van der Waals surface area contributed by atoms with Crippen molar-refractivity contribution in [3.8, 4) is 0 Å². The highest BCUT2D eigenvalue weighted by molar-refractivity contribution is 9.10. The highest BCUT2D eigenvalue weighted by atomic mass is 79.9. The first-order chi connectivity index (χ1) is 10.6. The molecule has 2 aromatic heterocycles. The van der Waals surface area contributed by atoms with Gasteiger partial charge in [0.25, 0.3) is 0 Å². The molecule has 0 bridgehead atoms. The first-order valence-electron chi connectivity index (χ1n) is 6.72. The van der Waals surface area contributed by atoms with E-state index in [4.69, 9.17) is 0 Å². The molecule has 0 saturated carbocycles. The zero-order valence-corrected chi connectivity index (χ0v) is 14.0. The highest BCUT2D eigenvalue weighted by Crippen LogP contribution is 2.17. The predicted octanol–water partition coefficient (Wildman–Crippen LogP) is 2.85. The molecule has 0 unspecified atom stereocenters.